The summed E-state index contributed by atoms with van der Waals surface area (Å²) in [7, 11) is 2.03. The summed E-state index contributed by atoms with van der Waals surface area (Å²) >= 11 is 0. The number of pyridine rings is 1. The number of imidazole rings is 1. The van der Waals surface area contributed by atoms with Gasteiger partial charge < -0.3 is 19.7 Å². The van der Waals surface area contributed by atoms with Crippen LogP contribution in [-0.2, 0) is 26.6 Å². The highest BCUT2D eigenvalue weighted by Gasteiger charge is 2.54. The molecule has 5 aromatic rings. The van der Waals surface area contributed by atoms with Crippen molar-refractivity contribution in [2.45, 2.75) is 66.5 Å². The number of anilines is 2. The van der Waals surface area contributed by atoms with Gasteiger partial charge in [-0.2, -0.15) is 5.10 Å². The summed E-state index contributed by atoms with van der Waals surface area (Å²) < 4.78 is 32.5. The zero-order chi connectivity index (χ0) is 39.8. The fraction of sp³-hybridized carbons (Fsp3) is 0.457. The van der Waals surface area contributed by atoms with E-state index in [2.05, 4.69) is 93.9 Å². The minimum atomic E-state index is -0.537. The molecule has 9 rings (SSSR count). The lowest BCUT2D eigenvalue weighted by Crippen LogP contribution is -2.71. The number of hydrogen-bond donors (Lipinski definition) is 1. The minimum absolute atomic E-state index is 0.0560. The summed E-state index contributed by atoms with van der Waals surface area (Å²) in [5.74, 6) is 0.432. The number of rotatable bonds is 5. The average molecular weight is 772 g/mol. The van der Waals surface area contributed by atoms with Gasteiger partial charge in [0.15, 0.2) is 0 Å². The van der Waals surface area contributed by atoms with Crippen molar-refractivity contribution in [2.24, 2.45) is 29.7 Å². The molecule has 1 N–H and O–H groups in total. The molecule has 0 radical (unpaired) electrons. The minimum Gasteiger partial charge on any atom is -0.374 e. The van der Waals surface area contributed by atoms with Gasteiger partial charge in [0, 0.05) is 116 Å². The van der Waals surface area contributed by atoms with Crippen molar-refractivity contribution in [2.75, 3.05) is 49.5 Å². The summed E-state index contributed by atoms with van der Waals surface area (Å²) in [6, 6.07) is 14.8. The molecule has 2 atom stereocenters. The summed E-state index contributed by atoms with van der Waals surface area (Å²) in [5, 5.41) is 8.22. The summed E-state index contributed by atoms with van der Waals surface area (Å²) in [4.78, 5) is 17.1. The Bertz CT molecular complexity index is 2360. The van der Waals surface area contributed by atoms with Crippen LogP contribution in [0, 0.1) is 41.2 Å². The Hall–Kier alpha value is -5.03. The number of aromatic nitrogens is 5. The predicted molar refractivity (Wildman–Crippen MR) is 225 cm³/mol. The first-order valence-electron chi connectivity index (χ1n) is 20.6. The Morgan fingerprint density at radius 1 is 0.947 bits per heavy atom. The standard InChI is InChI=1S/C46H55F2N9/c1-29-10-8-9-11-42-38(20-49-53(42)7)41-16-34(14-30(2)50-41)31(3)51-44-52-40-13-12-33(15-43(40)57(44)21-29)22-54-25-46(26-54)27-56(28-46)32(4)39-23-55(24-45(39,5)6)37-18-35(47)17-36(48)19-37/h12-20,29,39H,3-4,8-11,21-28H2,1-2,5-7H3,(H,51,52)/t29-,39?/m1/s1. The molecule has 4 aliphatic rings. The molecule has 2 aromatic carbocycles. The Morgan fingerprint density at radius 3 is 2.49 bits per heavy atom. The van der Waals surface area contributed by atoms with Gasteiger partial charge in [0.05, 0.1) is 22.9 Å². The van der Waals surface area contributed by atoms with Crippen LogP contribution >= 0.6 is 0 Å². The molecule has 1 unspecified atom stereocenters. The number of hydrogen-bond acceptors (Lipinski definition) is 7. The molecule has 1 spiro atoms. The quantitative estimate of drug-likeness (QED) is 0.192. The zero-order valence-electron chi connectivity index (χ0n) is 34.1. The van der Waals surface area contributed by atoms with Gasteiger partial charge in [-0.1, -0.05) is 46.4 Å². The maximum absolute atomic E-state index is 14.0. The molecule has 57 heavy (non-hydrogen) atoms. The molecule has 298 valence electrons. The van der Waals surface area contributed by atoms with Gasteiger partial charge in [0.1, 0.15) is 11.6 Å². The first kappa shape index (κ1) is 37.5. The van der Waals surface area contributed by atoms with E-state index in [1.54, 1.807) is 0 Å². The van der Waals surface area contributed by atoms with E-state index in [0.717, 1.165) is 128 Å². The number of benzene rings is 2. The molecule has 3 fully saturated rings. The van der Waals surface area contributed by atoms with E-state index in [9.17, 15) is 8.78 Å². The normalized spacial score (nSPS) is 22.0. The monoisotopic (exact) mass is 771 g/mol. The molecule has 11 heteroatoms. The van der Waals surface area contributed by atoms with Crippen molar-refractivity contribution in [3.05, 3.63) is 108 Å². The molecule has 9 nitrogen and oxygen atoms in total. The smallest absolute Gasteiger partial charge is 0.208 e. The van der Waals surface area contributed by atoms with Crippen molar-refractivity contribution < 1.29 is 8.78 Å². The van der Waals surface area contributed by atoms with Gasteiger partial charge in [-0.25, -0.2) is 13.8 Å². The van der Waals surface area contributed by atoms with Crippen LogP contribution in [0.15, 0.2) is 73.6 Å². The lowest BCUT2D eigenvalue weighted by Gasteiger charge is -2.62. The van der Waals surface area contributed by atoms with E-state index in [4.69, 9.17) is 9.97 Å². The third-order valence-electron chi connectivity index (χ3n) is 13.1. The molecule has 7 heterocycles. The Kier molecular flexibility index (Phi) is 9.29. The second-order valence-electron chi connectivity index (χ2n) is 18.4. The van der Waals surface area contributed by atoms with Gasteiger partial charge in [-0.15, -0.1) is 0 Å². The third kappa shape index (κ3) is 7.13. The molecular weight excluding hydrogens is 717 g/mol. The second kappa shape index (κ2) is 14.1. The van der Waals surface area contributed by atoms with Gasteiger partial charge >= 0.3 is 0 Å². The molecule has 0 aliphatic carbocycles. The average Bonchev–Trinajstić information content (AvgIpc) is 3.77. The molecule has 0 saturated carbocycles. The predicted octanol–water partition coefficient (Wildman–Crippen LogP) is 8.66. The van der Waals surface area contributed by atoms with Crippen molar-refractivity contribution in [1.29, 1.82) is 0 Å². The van der Waals surface area contributed by atoms with Crippen molar-refractivity contribution in [3.63, 3.8) is 0 Å². The number of likely N-dealkylation sites (tertiary alicyclic amines) is 2. The van der Waals surface area contributed by atoms with E-state index in [1.807, 2.05) is 24.9 Å². The highest BCUT2D eigenvalue weighted by molar-refractivity contribution is 5.83. The first-order chi connectivity index (χ1) is 27.2. The highest BCUT2D eigenvalue weighted by atomic mass is 19.1. The number of aryl methyl sites for hydroxylation is 2. The van der Waals surface area contributed by atoms with E-state index >= 15 is 0 Å². The molecule has 3 aromatic heterocycles. The Labute approximate surface area is 335 Å². The van der Waals surface area contributed by atoms with Crippen LogP contribution in [0.3, 0.4) is 0 Å². The SMILES string of the molecule is C=C1Nc2nc3ccc(CN4CC5(C4)CN(C(=C)C4CN(c6cc(F)cc(F)c6)CC4(C)C)C5)cc3n2C[C@H](C)CCCCc2c(cnn2C)-c2cc1cc(C)n2. The summed E-state index contributed by atoms with van der Waals surface area (Å²) in [5.41, 5.74) is 11.4. The van der Waals surface area contributed by atoms with Gasteiger partial charge in [0.25, 0.3) is 0 Å². The van der Waals surface area contributed by atoms with E-state index < -0.39 is 11.6 Å². The first-order valence-corrected chi connectivity index (χ1v) is 20.6. The fourth-order valence-electron chi connectivity index (χ4n) is 10.2. The highest BCUT2D eigenvalue weighted by Crippen LogP contribution is 2.48. The van der Waals surface area contributed by atoms with Gasteiger partial charge in [-0.3, -0.25) is 14.6 Å². The van der Waals surface area contributed by atoms with Crippen LogP contribution in [0.25, 0.3) is 28.0 Å². The van der Waals surface area contributed by atoms with Gasteiger partial charge in [-0.05, 0) is 79.5 Å². The van der Waals surface area contributed by atoms with Crippen molar-refractivity contribution >= 4 is 28.4 Å². The van der Waals surface area contributed by atoms with Crippen LogP contribution in [0.4, 0.5) is 20.4 Å². The van der Waals surface area contributed by atoms with Crippen LogP contribution in [0.1, 0.15) is 62.5 Å². The molecule has 3 saturated heterocycles. The Morgan fingerprint density at radius 2 is 1.72 bits per heavy atom. The van der Waals surface area contributed by atoms with Crippen molar-refractivity contribution in [1.82, 2.24) is 34.1 Å². The summed E-state index contributed by atoms with van der Waals surface area (Å²) in [6.07, 6.45) is 6.28. The summed E-state index contributed by atoms with van der Waals surface area (Å²) in [6.45, 7) is 25.3. The number of nitrogens with zero attached hydrogens (tertiary/aromatic N) is 8. The van der Waals surface area contributed by atoms with E-state index in [-0.39, 0.29) is 11.3 Å². The molecular formula is C46H55F2N9. The van der Waals surface area contributed by atoms with Gasteiger partial charge in [0.2, 0.25) is 5.95 Å². The van der Waals surface area contributed by atoms with Crippen molar-refractivity contribution in [3.8, 4) is 11.3 Å². The zero-order valence-corrected chi connectivity index (χ0v) is 34.1. The lowest BCUT2D eigenvalue weighted by molar-refractivity contribution is -0.108. The van der Waals surface area contributed by atoms with Crippen LogP contribution < -0.4 is 10.2 Å². The van der Waals surface area contributed by atoms with Crippen LogP contribution in [-0.4, -0.2) is 73.4 Å². The Balaban J connectivity index is 0.877. The second-order valence-corrected chi connectivity index (χ2v) is 18.4. The topological polar surface area (TPSA) is 70.3 Å². The van der Waals surface area contributed by atoms with E-state index in [0.29, 0.717) is 23.6 Å². The lowest BCUT2D eigenvalue weighted by atomic mass is 9.70. The number of fused-ring (bicyclic) bond motifs is 7. The van der Waals surface area contributed by atoms with E-state index in [1.165, 1.54) is 23.4 Å². The molecule has 2 bridgehead atoms. The molecule has 4 aliphatic heterocycles. The molecule has 0 amide bonds. The fourth-order valence-corrected chi connectivity index (χ4v) is 10.2. The largest absolute Gasteiger partial charge is 0.374 e. The number of nitrogens with one attached hydrogen (secondary N) is 1. The maximum atomic E-state index is 14.0. The number of halogens is 2. The maximum Gasteiger partial charge on any atom is 0.208 e. The van der Waals surface area contributed by atoms with Crippen LogP contribution in [0.2, 0.25) is 0 Å². The third-order valence-corrected chi connectivity index (χ3v) is 13.1. The van der Waals surface area contributed by atoms with Crippen LogP contribution in [0.5, 0.6) is 0 Å².